The lowest BCUT2D eigenvalue weighted by molar-refractivity contribution is -0.116. The molecule has 0 aliphatic rings. The number of carbonyl (C=O) groups is 1. The third kappa shape index (κ3) is 5.31. The number of hydrogen-bond acceptors (Lipinski definition) is 3. The number of nitrogens with one attached hydrogen (secondary N) is 1. The minimum Gasteiger partial charge on any atom is -0.325 e. The van der Waals surface area contributed by atoms with Gasteiger partial charge in [-0.1, -0.05) is 42.5 Å². The average Bonchev–Trinajstić information content (AvgIpc) is 2.71. The highest BCUT2D eigenvalue weighted by Crippen LogP contribution is 2.23. The van der Waals surface area contributed by atoms with Crippen LogP contribution in [-0.4, -0.2) is 25.2 Å². The van der Waals surface area contributed by atoms with Crippen LogP contribution in [0.25, 0.3) is 0 Å². The molecule has 156 valence electrons. The number of anilines is 1. The lowest BCUT2D eigenvalue weighted by Crippen LogP contribution is -2.37. The Hall–Kier alpha value is -3.03. The normalized spacial score (nSPS) is 11.5. The predicted molar refractivity (Wildman–Crippen MR) is 115 cm³/mol. The fourth-order valence-corrected chi connectivity index (χ4v) is 4.73. The van der Waals surface area contributed by atoms with Crippen LogP contribution in [0.5, 0.6) is 0 Å². The van der Waals surface area contributed by atoms with E-state index in [0.717, 1.165) is 15.4 Å². The minimum absolute atomic E-state index is 0.0490. The molecule has 0 atom stereocenters. The Morgan fingerprint density at radius 2 is 1.63 bits per heavy atom. The van der Waals surface area contributed by atoms with Gasteiger partial charge in [-0.05, 0) is 60.9 Å². The molecule has 0 saturated carbocycles. The number of benzene rings is 3. The molecule has 0 aromatic heterocycles. The van der Waals surface area contributed by atoms with Gasteiger partial charge < -0.3 is 5.32 Å². The summed E-state index contributed by atoms with van der Waals surface area (Å²) in [5.41, 5.74) is 2.58. The highest BCUT2D eigenvalue weighted by atomic mass is 32.2. The molecular weight excluding hydrogens is 403 g/mol. The van der Waals surface area contributed by atoms with Crippen molar-refractivity contribution in [3.05, 3.63) is 95.3 Å². The Kier molecular flexibility index (Phi) is 6.64. The quantitative estimate of drug-likeness (QED) is 0.614. The predicted octanol–water partition coefficient (Wildman–Crippen LogP) is 4.27. The van der Waals surface area contributed by atoms with E-state index < -0.39 is 21.7 Å². The van der Waals surface area contributed by atoms with E-state index in [1.807, 2.05) is 43.3 Å². The maximum atomic E-state index is 13.4. The van der Waals surface area contributed by atoms with Crippen LogP contribution in [0.3, 0.4) is 0 Å². The molecule has 5 nitrogen and oxygen atoms in total. The summed E-state index contributed by atoms with van der Waals surface area (Å²) in [7, 11) is -3.93. The van der Waals surface area contributed by atoms with E-state index in [-0.39, 0.29) is 18.0 Å². The summed E-state index contributed by atoms with van der Waals surface area (Å²) in [6.45, 7) is 3.22. The van der Waals surface area contributed by atoms with Crippen LogP contribution in [0.4, 0.5) is 10.1 Å². The summed E-state index contributed by atoms with van der Waals surface area (Å²) in [5.74, 6) is -0.928. The van der Waals surface area contributed by atoms with Crippen molar-refractivity contribution in [1.29, 1.82) is 0 Å². The van der Waals surface area contributed by atoms with Gasteiger partial charge in [0.15, 0.2) is 0 Å². The van der Waals surface area contributed by atoms with Gasteiger partial charge in [0, 0.05) is 12.2 Å². The first-order chi connectivity index (χ1) is 14.3. The number of rotatable bonds is 7. The molecule has 0 saturated heterocycles. The number of carbonyl (C=O) groups excluding carboxylic acids is 1. The van der Waals surface area contributed by atoms with Crippen molar-refractivity contribution in [2.75, 3.05) is 11.9 Å². The summed E-state index contributed by atoms with van der Waals surface area (Å²) in [5, 5.41) is 2.62. The number of amides is 1. The summed E-state index contributed by atoms with van der Waals surface area (Å²) in [6, 6.07) is 19.6. The fourth-order valence-electron chi connectivity index (χ4n) is 3.03. The first kappa shape index (κ1) is 21.7. The Morgan fingerprint density at radius 3 is 2.30 bits per heavy atom. The highest BCUT2D eigenvalue weighted by molar-refractivity contribution is 7.89. The van der Waals surface area contributed by atoms with Gasteiger partial charge in [-0.25, -0.2) is 12.8 Å². The topological polar surface area (TPSA) is 66.5 Å². The zero-order chi connectivity index (χ0) is 21.7. The SMILES string of the molecule is Cc1ccc(C)c(S(=O)(=O)N(CC(=O)Nc2ccc(F)cc2)Cc2ccccc2)c1. The van der Waals surface area contributed by atoms with Crippen molar-refractivity contribution in [2.45, 2.75) is 25.3 Å². The molecule has 0 aliphatic heterocycles. The van der Waals surface area contributed by atoms with E-state index >= 15 is 0 Å². The molecule has 3 rings (SSSR count). The summed E-state index contributed by atoms with van der Waals surface area (Å²) in [6.07, 6.45) is 0. The van der Waals surface area contributed by atoms with Crippen LogP contribution in [0.1, 0.15) is 16.7 Å². The maximum absolute atomic E-state index is 13.4. The van der Waals surface area contributed by atoms with Gasteiger partial charge in [0.25, 0.3) is 0 Å². The van der Waals surface area contributed by atoms with Gasteiger partial charge in [0.2, 0.25) is 15.9 Å². The molecule has 0 aliphatic carbocycles. The van der Waals surface area contributed by atoms with Crippen LogP contribution < -0.4 is 5.32 Å². The van der Waals surface area contributed by atoms with Crippen molar-refractivity contribution in [2.24, 2.45) is 0 Å². The van der Waals surface area contributed by atoms with Gasteiger partial charge in [-0.15, -0.1) is 0 Å². The average molecular weight is 427 g/mol. The van der Waals surface area contributed by atoms with E-state index in [9.17, 15) is 17.6 Å². The summed E-state index contributed by atoms with van der Waals surface area (Å²) in [4.78, 5) is 12.8. The smallest absolute Gasteiger partial charge is 0.244 e. The van der Waals surface area contributed by atoms with Crippen LogP contribution in [0.15, 0.2) is 77.7 Å². The molecular formula is C23H23FN2O3S. The number of sulfonamides is 1. The molecule has 0 fully saturated rings. The number of nitrogens with zero attached hydrogens (tertiary/aromatic N) is 1. The second-order valence-corrected chi connectivity index (χ2v) is 8.99. The largest absolute Gasteiger partial charge is 0.325 e. The third-order valence-electron chi connectivity index (χ3n) is 4.61. The van der Waals surface area contributed by atoms with Gasteiger partial charge in [0.1, 0.15) is 5.82 Å². The molecule has 0 bridgehead atoms. The van der Waals surface area contributed by atoms with E-state index in [2.05, 4.69) is 5.32 Å². The van der Waals surface area contributed by atoms with Gasteiger partial charge >= 0.3 is 0 Å². The van der Waals surface area contributed by atoms with E-state index in [4.69, 9.17) is 0 Å². The Labute approximate surface area is 176 Å². The van der Waals surface area contributed by atoms with Gasteiger partial charge in [0.05, 0.1) is 11.4 Å². The zero-order valence-electron chi connectivity index (χ0n) is 16.8. The minimum atomic E-state index is -3.93. The molecule has 3 aromatic rings. The van der Waals surface area contributed by atoms with E-state index in [1.54, 1.807) is 19.1 Å². The summed E-state index contributed by atoms with van der Waals surface area (Å²) < 4.78 is 41.1. The molecule has 0 heterocycles. The molecule has 7 heteroatoms. The van der Waals surface area contributed by atoms with E-state index in [0.29, 0.717) is 11.3 Å². The Bertz CT molecular complexity index is 1130. The zero-order valence-corrected chi connectivity index (χ0v) is 17.6. The molecule has 0 unspecified atom stereocenters. The van der Waals surface area contributed by atoms with Crippen LogP contribution in [0, 0.1) is 19.7 Å². The fraction of sp³-hybridized carbons (Fsp3) is 0.174. The Morgan fingerprint density at radius 1 is 0.967 bits per heavy atom. The van der Waals surface area contributed by atoms with Crippen molar-refractivity contribution < 1.29 is 17.6 Å². The van der Waals surface area contributed by atoms with Crippen molar-refractivity contribution in [1.82, 2.24) is 4.31 Å². The molecule has 30 heavy (non-hydrogen) atoms. The summed E-state index contributed by atoms with van der Waals surface area (Å²) >= 11 is 0. The molecule has 1 amide bonds. The second-order valence-electron chi connectivity index (χ2n) is 7.08. The van der Waals surface area contributed by atoms with Crippen LogP contribution >= 0.6 is 0 Å². The van der Waals surface area contributed by atoms with Crippen LogP contribution in [-0.2, 0) is 21.4 Å². The van der Waals surface area contributed by atoms with Gasteiger partial charge in [-0.2, -0.15) is 4.31 Å². The number of hydrogen-bond donors (Lipinski definition) is 1. The molecule has 1 N–H and O–H groups in total. The third-order valence-corrected chi connectivity index (χ3v) is 6.54. The Balaban J connectivity index is 1.90. The molecule has 0 radical (unpaired) electrons. The highest BCUT2D eigenvalue weighted by Gasteiger charge is 2.28. The number of halogens is 1. The first-order valence-electron chi connectivity index (χ1n) is 9.42. The molecule has 3 aromatic carbocycles. The van der Waals surface area contributed by atoms with Crippen molar-refractivity contribution in [3.8, 4) is 0 Å². The van der Waals surface area contributed by atoms with Crippen LogP contribution in [0.2, 0.25) is 0 Å². The van der Waals surface area contributed by atoms with E-state index in [1.165, 1.54) is 24.3 Å². The second kappa shape index (κ2) is 9.19. The monoisotopic (exact) mass is 426 g/mol. The lowest BCUT2D eigenvalue weighted by Gasteiger charge is -2.23. The first-order valence-corrected chi connectivity index (χ1v) is 10.9. The van der Waals surface area contributed by atoms with Gasteiger partial charge in [-0.3, -0.25) is 4.79 Å². The standard InChI is InChI=1S/C23H23FN2O3S/c1-17-8-9-18(2)22(14-17)30(28,29)26(15-19-6-4-3-5-7-19)16-23(27)25-21-12-10-20(24)11-13-21/h3-14H,15-16H2,1-2H3,(H,25,27). The molecule has 0 spiro atoms. The lowest BCUT2D eigenvalue weighted by atomic mass is 10.2. The van der Waals surface area contributed by atoms with Crippen molar-refractivity contribution >= 4 is 21.6 Å². The number of aryl methyl sites for hydroxylation is 2. The maximum Gasteiger partial charge on any atom is 0.244 e. The van der Waals surface area contributed by atoms with Crippen molar-refractivity contribution in [3.63, 3.8) is 0 Å².